The fourth-order valence-corrected chi connectivity index (χ4v) is 1.43. The molecule has 0 rings (SSSR count). The van der Waals surface area contributed by atoms with Crippen LogP contribution in [0.25, 0.3) is 0 Å². The van der Waals surface area contributed by atoms with Crippen molar-refractivity contribution in [3.63, 3.8) is 0 Å². The van der Waals surface area contributed by atoms with Crippen LogP contribution in [0.15, 0.2) is 0 Å². The lowest BCUT2D eigenvalue weighted by molar-refractivity contribution is -0.139. The predicted octanol–water partition coefficient (Wildman–Crippen LogP) is 2.71. The molecule has 0 heterocycles. The van der Waals surface area contributed by atoms with Gasteiger partial charge in [0.2, 0.25) is 0 Å². The first-order chi connectivity index (χ1) is 6.11. The first-order valence-corrected chi connectivity index (χ1v) is 4.97. The fourth-order valence-electron chi connectivity index (χ4n) is 1.43. The molecule has 0 fully saturated rings. The number of hydrogen-bond donors (Lipinski definition) is 1. The van der Waals surface area contributed by atoms with Crippen LogP contribution in [0, 0.1) is 11.8 Å². The smallest absolute Gasteiger partial charge is 0.191 e. The van der Waals surface area contributed by atoms with Crippen molar-refractivity contribution in [3.05, 3.63) is 0 Å². The van der Waals surface area contributed by atoms with Gasteiger partial charge in [-0.3, -0.25) is 0 Å². The van der Waals surface area contributed by atoms with Crippen LogP contribution in [-0.4, -0.2) is 18.3 Å². The van der Waals surface area contributed by atoms with Gasteiger partial charge < -0.3 is 9.84 Å². The monoisotopic (exact) mass is 192 g/mol. The van der Waals surface area contributed by atoms with Crippen molar-refractivity contribution in [2.75, 3.05) is 6.86 Å². The number of ether oxygens (including phenoxy) is 1. The van der Waals surface area contributed by atoms with Crippen LogP contribution in [0.1, 0.15) is 40.0 Å². The van der Waals surface area contributed by atoms with Crippen LogP contribution in [0.3, 0.4) is 0 Å². The quantitative estimate of drug-likeness (QED) is 0.628. The summed E-state index contributed by atoms with van der Waals surface area (Å²) in [6.45, 7) is 5.44. The summed E-state index contributed by atoms with van der Waals surface area (Å²) in [7, 11) is 0. The highest BCUT2D eigenvalue weighted by Gasteiger charge is 2.15. The minimum absolute atomic E-state index is 0.376. The van der Waals surface area contributed by atoms with Crippen LogP contribution < -0.4 is 0 Å². The number of aliphatic hydroxyl groups is 1. The van der Waals surface area contributed by atoms with Crippen LogP contribution in [0.2, 0.25) is 0 Å². The van der Waals surface area contributed by atoms with E-state index in [1.165, 1.54) is 0 Å². The molecule has 0 aromatic heterocycles. The van der Waals surface area contributed by atoms with Crippen molar-refractivity contribution in [2.24, 2.45) is 11.8 Å². The lowest BCUT2D eigenvalue weighted by Crippen LogP contribution is -2.19. The van der Waals surface area contributed by atoms with Gasteiger partial charge in [-0.05, 0) is 11.8 Å². The third-order valence-electron chi connectivity index (χ3n) is 2.54. The summed E-state index contributed by atoms with van der Waals surface area (Å²) in [5, 5.41) is 9.17. The molecule has 0 amide bonds. The summed E-state index contributed by atoms with van der Waals surface area (Å²) in [6.07, 6.45) is 1.86. The van der Waals surface area contributed by atoms with E-state index >= 15 is 0 Å². The Bertz CT molecular complexity index is 119. The SMILES string of the molecule is CCC[C@@H](C)C(C)C[C@@H](O)OCF. The Balaban J connectivity index is 3.64. The minimum Gasteiger partial charge on any atom is -0.368 e. The molecule has 80 valence electrons. The molecule has 3 heteroatoms. The van der Waals surface area contributed by atoms with Gasteiger partial charge in [0.15, 0.2) is 13.2 Å². The maximum absolute atomic E-state index is 11.7. The van der Waals surface area contributed by atoms with E-state index in [2.05, 4.69) is 25.5 Å². The highest BCUT2D eigenvalue weighted by atomic mass is 19.1. The molecule has 0 radical (unpaired) electrons. The summed E-state index contributed by atoms with van der Waals surface area (Å²) >= 11 is 0. The van der Waals surface area contributed by atoms with Crippen molar-refractivity contribution >= 4 is 0 Å². The normalized spacial score (nSPS) is 18.2. The van der Waals surface area contributed by atoms with Crippen LogP contribution in [0.5, 0.6) is 0 Å². The molecule has 0 aromatic carbocycles. The van der Waals surface area contributed by atoms with E-state index in [-0.39, 0.29) is 0 Å². The van der Waals surface area contributed by atoms with Gasteiger partial charge in [0.25, 0.3) is 0 Å². The molecule has 0 spiro atoms. The van der Waals surface area contributed by atoms with E-state index in [9.17, 15) is 9.50 Å². The molecule has 0 aliphatic rings. The number of aliphatic hydroxyl groups excluding tert-OH is 1. The van der Waals surface area contributed by atoms with E-state index in [1.54, 1.807) is 0 Å². The third kappa shape index (κ3) is 5.99. The Labute approximate surface area is 80.1 Å². The molecule has 0 bridgehead atoms. The highest BCUT2D eigenvalue weighted by molar-refractivity contribution is 4.62. The predicted molar refractivity (Wildman–Crippen MR) is 50.9 cm³/mol. The van der Waals surface area contributed by atoms with Crippen molar-refractivity contribution in [1.29, 1.82) is 0 Å². The van der Waals surface area contributed by atoms with Crippen molar-refractivity contribution in [3.8, 4) is 0 Å². The molecule has 0 aliphatic carbocycles. The van der Waals surface area contributed by atoms with Crippen molar-refractivity contribution in [2.45, 2.75) is 46.3 Å². The van der Waals surface area contributed by atoms with Crippen LogP contribution in [0.4, 0.5) is 4.39 Å². The number of alkyl halides is 1. The maximum Gasteiger partial charge on any atom is 0.191 e. The van der Waals surface area contributed by atoms with Gasteiger partial charge in [-0.1, -0.05) is 33.6 Å². The summed E-state index contributed by atoms with van der Waals surface area (Å²) < 4.78 is 16.1. The summed E-state index contributed by atoms with van der Waals surface area (Å²) in [5.74, 6) is 0.935. The zero-order chi connectivity index (χ0) is 10.3. The largest absolute Gasteiger partial charge is 0.368 e. The van der Waals surface area contributed by atoms with E-state index < -0.39 is 13.2 Å². The topological polar surface area (TPSA) is 29.5 Å². The number of rotatable bonds is 7. The molecule has 0 aromatic rings. The highest BCUT2D eigenvalue weighted by Crippen LogP contribution is 2.21. The zero-order valence-corrected chi connectivity index (χ0v) is 8.79. The van der Waals surface area contributed by atoms with Crippen molar-refractivity contribution in [1.82, 2.24) is 0 Å². The Morgan fingerprint density at radius 1 is 1.31 bits per heavy atom. The van der Waals surface area contributed by atoms with Crippen LogP contribution >= 0.6 is 0 Å². The molecule has 2 nitrogen and oxygen atoms in total. The first-order valence-electron chi connectivity index (χ1n) is 4.97. The minimum atomic E-state index is -0.945. The van der Waals surface area contributed by atoms with E-state index in [0.29, 0.717) is 18.3 Å². The van der Waals surface area contributed by atoms with E-state index in [1.807, 2.05) is 0 Å². The molecule has 3 atom stereocenters. The van der Waals surface area contributed by atoms with Gasteiger partial charge in [0, 0.05) is 6.42 Å². The van der Waals surface area contributed by atoms with Crippen molar-refractivity contribution < 1.29 is 14.2 Å². The van der Waals surface area contributed by atoms with Gasteiger partial charge in [-0.2, -0.15) is 0 Å². The van der Waals surface area contributed by atoms with Gasteiger partial charge in [-0.15, -0.1) is 0 Å². The Kier molecular flexibility index (Phi) is 7.19. The molecular weight excluding hydrogens is 171 g/mol. The molecule has 0 saturated carbocycles. The second kappa shape index (κ2) is 7.27. The number of hydrogen-bond acceptors (Lipinski definition) is 2. The lowest BCUT2D eigenvalue weighted by atomic mass is 9.89. The Morgan fingerprint density at radius 2 is 1.92 bits per heavy atom. The first kappa shape index (κ1) is 12.8. The van der Waals surface area contributed by atoms with Gasteiger partial charge in [0.05, 0.1) is 0 Å². The van der Waals surface area contributed by atoms with E-state index in [0.717, 1.165) is 12.8 Å². The third-order valence-corrected chi connectivity index (χ3v) is 2.54. The number of halogens is 1. The molecule has 13 heavy (non-hydrogen) atoms. The standard InChI is InChI=1S/C10H21FO2/c1-4-5-8(2)9(3)6-10(12)13-7-11/h8-10,12H,4-7H2,1-3H3/t8-,9?,10+/m1/s1. The summed E-state index contributed by atoms with van der Waals surface area (Å²) in [5.41, 5.74) is 0. The fraction of sp³-hybridized carbons (Fsp3) is 1.00. The summed E-state index contributed by atoms with van der Waals surface area (Å²) in [4.78, 5) is 0. The van der Waals surface area contributed by atoms with E-state index in [4.69, 9.17) is 0 Å². The second-order valence-corrected chi connectivity index (χ2v) is 3.71. The Hall–Kier alpha value is -0.150. The van der Waals surface area contributed by atoms with Gasteiger partial charge in [0.1, 0.15) is 0 Å². The zero-order valence-electron chi connectivity index (χ0n) is 8.79. The average molecular weight is 192 g/mol. The molecular formula is C10H21FO2. The Morgan fingerprint density at radius 3 is 2.38 bits per heavy atom. The van der Waals surface area contributed by atoms with Crippen LogP contribution in [-0.2, 0) is 4.74 Å². The second-order valence-electron chi connectivity index (χ2n) is 3.71. The van der Waals surface area contributed by atoms with Gasteiger partial charge >= 0.3 is 0 Å². The maximum atomic E-state index is 11.7. The molecule has 1 N–H and O–H groups in total. The van der Waals surface area contributed by atoms with Gasteiger partial charge in [-0.25, -0.2) is 4.39 Å². The lowest BCUT2D eigenvalue weighted by Gasteiger charge is -2.21. The molecule has 1 unspecified atom stereocenters. The average Bonchev–Trinajstić information content (AvgIpc) is 2.05. The molecule has 0 saturated heterocycles. The molecule has 0 aliphatic heterocycles. The summed E-state index contributed by atoms with van der Waals surface area (Å²) in [6, 6.07) is 0.